The minimum atomic E-state index is -1.46. The van der Waals surface area contributed by atoms with E-state index in [1.165, 1.54) is 24.9 Å². The summed E-state index contributed by atoms with van der Waals surface area (Å²) in [5.74, 6) is -2.96. The lowest BCUT2D eigenvalue weighted by Gasteiger charge is -2.32. The molecule has 2 aliphatic heterocycles. The maximum absolute atomic E-state index is 14.9. The number of halogens is 1. The van der Waals surface area contributed by atoms with Crippen molar-refractivity contribution in [2.24, 2.45) is 11.8 Å². The lowest BCUT2D eigenvalue weighted by atomic mass is 9.78. The second-order valence-electron chi connectivity index (χ2n) is 8.29. The summed E-state index contributed by atoms with van der Waals surface area (Å²) in [6.45, 7) is 2.34. The van der Waals surface area contributed by atoms with Crippen LogP contribution in [0.2, 0.25) is 0 Å². The van der Waals surface area contributed by atoms with Gasteiger partial charge >= 0.3 is 5.97 Å². The molecule has 0 aliphatic carbocycles. The molecule has 4 atom stereocenters. The summed E-state index contributed by atoms with van der Waals surface area (Å²) in [7, 11) is 1.25. The van der Waals surface area contributed by atoms with E-state index in [1.54, 1.807) is 42.5 Å². The number of amides is 2. The maximum Gasteiger partial charge on any atom is 0.326 e. The van der Waals surface area contributed by atoms with Crippen LogP contribution in [0.3, 0.4) is 0 Å². The molecule has 2 aliphatic rings. The van der Waals surface area contributed by atoms with Crippen molar-refractivity contribution >= 4 is 35.2 Å². The first-order valence-electron chi connectivity index (χ1n) is 11.1. The number of anilines is 1. The summed E-state index contributed by atoms with van der Waals surface area (Å²) in [6, 6.07) is 11.9. The summed E-state index contributed by atoms with van der Waals surface area (Å²) in [6.07, 6.45) is 2.14. The number of thioether (sulfide) groups is 1. The molecule has 2 heterocycles. The van der Waals surface area contributed by atoms with Gasteiger partial charge in [-0.15, -0.1) is 0 Å². The van der Waals surface area contributed by atoms with Crippen molar-refractivity contribution in [2.45, 2.75) is 24.9 Å². The molecule has 2 amide bonds. The Balaban J connectivity index is 1.83. The first-order valence-corrected chi connectivity index (χ1v) is 12.5. The highest BCUT2D eigenvalue weighted by Crippen LogP contribution is 2.51. The third kappa shape index (κ3) is 3.86. The maximum atomic E-state index is 14.9. The smallest absolute Gasteiger partial charge is 0.326 e. The highest BCUT2D eigenvalue weighted by molar-refractivity contribution is 7.98. The monoisotopic (exact) mass is 486 g/mol. The number of benzene rings is 2. The normalized spacial score (nSPS) is 26.0. The topological polar surface area (TPSA) is 84.9 Å². The van der Waals surface area contributed by atoms with Gasteiger partial charge in [0.25, 0.3) is 0 Å². The van der Waals surface area contributed by atoms with Crippen molar-refractivity contribution in [2.75, 3.05) is 30.6 Å². The van der Waals surface area contributed by atoms with Gasteiger partial charge < -0.3 is 9.47 Å². The summed E-state index contributed by atoms with van der Waals surface area (Å²) in [5.41, 5.74) is -0.840. The fourth-order valence-electron chi connectivity index (χ4n) is 5.07. The second kappa shape index (κ2) is 9.76. The van der Waals surface area contributed by atoms with Gasteiger partial charge in [-0.25, -0.2) is 9.29 Å². The van der Waals surface area contributed by atoms with E-state index >= 15 is 0 Å². The molecule has 7 nitrogen and oxygen atoms in total. The van der Waals surface area contributed by atoms with Crippen molar-refractivity contribution in [3.63, 3.8) is 0 Å². The number of carbonyl (C=O) groups excluding carboxylic acids is 3. The molecular weight excluding hydrogens is 459 g/mol. The van der Waals surface area contributed by atoms with E-state index in [4.69, 9.17) is 9.47 Å². The van der Waals surface area contributed by atoms with Crippen LogP contribution < -0.4 is 15.0 Å². The molecule has 2 aromatic carbocycles. The number of imide groups is 1. The standard InChI is InChI=1S/C25H27FN2O5S/c1-4-33-16-11-9-15(10-12-16)28-22(29)19-20(23(28)30)25(13-14-34-3,24(31)32-2)27-21(19)17-7-5-6-8-18(17)26/h5-12,19-21,27H,4,13-14H2,1-3H3/t19-,20+,21+,25-/m1/s1. The van der Waals surface area contributed by atoms with Gasteiger partial charge in [0, 0.05) is 11.6 Å². The summed E-state index contributed by atoms with van der Waals surface area (Å²) >= 11 is 1.51. The number of nitrogens with one attached hydrogen (secondary N) is 1. The Labute approximate surface area is 202 Å². The molecule has 2 saturated heterocycles. The van der Waals surface area contributed by atoms with Gasteiger partial charge in [0.1, 0.15) is 17.1 Å². The van der Waals surface area contributed by atoms with Crippen molar-refractivity contribution in [3.8, 4) is 5.75 Å². The van der Waals surface area contributed by atoms with Crippen LogP contribution in [0.4, 0.5) is 10.1 Å². The number of hydrogen-bond donors (Lipinski definition) is 1. The first kappa shape index (κ1) is 24.2. The summed E-state index contributed by atoms with van der Waals surface area (Å²) < 4.78 is 25.4. The Bertz CT molecular complexity index is 1090. The van der Waals surface area contributed by atoms with Crippen LogP contribution in [-0.4, -0.2) is 49.0 Å². The van der Waals surface area contributed by atoms with Gasteiger partial charge in [-0.05, 0) is 55.7 Å². The molecule has 34 heavy (non-hydrogen) atoms. The molecule has 0 bridgehead atoms. The van der Waals surface area contributed by atoms with Crippen LogP contribution in [0.15, 0.2) is 48.5 Å². The van der Waals surface area contributed by atoms with E-state index in [-0.39, 0.29) is 12.0 Å². The molecular formula is C25H27FN2O5S. The van der Waals surface area contributed by atoms with Crippen molar-refractivity contribution < 1.29 is 28.2 Å². The minimum absolute atomic E-state index is 0.238. The molecule has 0 unspecified atom stereocenters. The zero-order valence-corrected chi connectivity index (χ0v) is 20.1. The van der Waals surface area contributed by atoms with Crippen molar-refractivity contribution in [1.29, 1.82) is 0 Å². The number of rotatable bonds is 8. The van der Waals surface area contributed by atoms with Crippen LogP contribution in [-0.2, 0) is 19.1 Å². The molecule has 0 aromatic heterocycles. The van der Waals surface area contributed by atoms with E-state index in [0.29, 0.717) is 23.8 Å². The van der Waals surface area contributed by atoms with Crippen LogP contribution >= 0.6 is 11.8 Å². The van der Waals surface area contributed by atoms with Crippen molar-refractivity contribution in [3.05, 3.63) is 59.9 Å². The summed E-state index contributed by atoms with van der Waals surface area (Å²) in [5, 5.41) is 3.19. The van der Waals surface area contributed by atoms with Crippen LogP contribution in [0.1, 0.15) is 24.9 Å². The van der Waals surface area contributed by atoms with E-state index in [1.807, 2.05) is 13.2 Å². The number of methoxy groups -OCH3 is 1. The van der Waals surface area contributed by atoms with E-state index < -0.39 is 47.0 Å². The molecule has 2 aromatic rings. The number of carbonyl (C=O) groups is 3. The Morgan fingerprint density at radius 3 is 2.47 bits per heavy atom. The average molecular weight is 487 g/mol. The Hall–Kier alpha value is -2.91. The predicted molar refractivity (Wildman–Crippen MR) is 127 cm³/mol. The minimum Gasteiger partial charge on any atom is -0.494 e. The van der Waals surface area contributed by atoms with Crippen molar-refractivity contribution in [1.82, 2.24) is 5.32 Å². The van der Waals surface area contributed by atoms with Gasteiger partial charge in [-0.2, -0.15) is 11.8 Å². The zero-order chi connectivity index (χ0) is 24.5. The Morgan fingerprint density at radius 1 is 1.15 bits per heavy atom. The van der Waals surface area contributed by atoms with Crippen LogP contribution in [0, 0.1) is 17.7 Å². The van der Waals surface area contributed by atoms with Gasteiger partial charge in [0.05, 0.1) is 31.2 Å². The Morgan fingerprint density at radius 2 is 1.85 bits per heavy atom. The third-order valence-corrected chi connectivity index (χ3v) is 7.16. The zero-order valence-electron chi connectivity index (χ0n) is 19.2. The molecule has 0 spiro atoms. The summed E-state index contributed by atoms with van der Waals surface area (Å²) in [4.78, 5) is 41.8. The predicted octanol–water partition coefficient (Wildman–Crippen LogP) is 3.34. The van der Waals surface area contributed by atoms with Gasteiger partial charge in [-0.1, -0.05) is 18.2 Å². The molecule has 9 heteroatoms. The molecule has 2 fully saturated rings. The lowest BCUT2D eigenvalue weighted by molar-refractivity contribution is -0.152. The number of ether oxygens (including phenoxy) is 2. The number of fused-ring (bicyclic) bond motifs is 1. The van der Waals surface area contributed by atoms with Gasteiger partial charge in [-0.3, -0.25) is 19.7 Å². The fourth-order valence-corrected chi connectivity index (χ4v) is 5.60. The van der Waals surface area contributed by atoms with Crippen LogP contribution in [0.25, 0.3) is 0 Å². The molecule has 4 rings (SSSR count). The highest BCUT2D eigenvalue weighted by Gasteiger charge is 2.68. The highest BCUT2D eigenvalue weighted by atomic mass is 32.2. The quantitative estimate of drug-likeness (QED) is 0.453. The lowest BCUT2D eigenvalue weighted by Crippen LogP contribution is -2.56. The number of esters is 1. The third-order valence-electron chi connectivity index (χ3n) is 6.55. The second-order valence-corrected chi connectivity index (χ2v) is 9.28. The Kier molecular flexibility index (Phi) is 6.95. The van der Waals surface area contributed by atoms with E-state index in [9.17, 15) is 18.8 Å². The van der Waals surface area contributed by atoms with Crippen LogP contribution in [0.5, 0.6) is 5.75 Å². The first-order chi connectivity index (χ1) is 16.4. The number of hydrogen-bond acceptors (Lipinski definition) is 7. The van der Waals surface area contributed by atoms with Gasteiger partial charge in [0.15, 0.2) is 0 Å². The molecule has 180 valence electrons. The van der Waals surface area contributed by atoms with Gasteiger partial charge in [0.2, 0.25) is 11.8 Å². The SMILES string of the molecule is CCOc1ccc(N2C(=O)[C@@H]3[C@@H](C2=O)[C@](CCSC)(C(=O)OC)N[C@H]3c2ccccc2F)cc1. The number of nitrogens with zero attached hydrogens (tertiary/aromatic N) is 1. The molecule has 0 saturated carbocycles. The molecule has 1 N–H and O–H groups in total. The van der Waals surface area contributed by atoms with E-state index in [0.717, 1.165) is 4.90 Å². The van der Waals surface area contributed by atoms with E-state index in [2.05, 4.69) is 5.32 Å². The largest absolute Gasteiger partial charge is 0.494 e. The average Bonchev–Trinajstić information content (AvgIpc) is 3.32. The fraction of sp³-hybridized carbons (Fsp3) is 0.400. The molecule has 0 radical (unpaired) electrons.